The van der Waals surface area contributed by atoms with Gasteiger partial charge in [0.1, 0.15) is 6.29 Å². The predicted molar refractivity (Wildman–Crippen MR) is 43.7 cm³/mol. The first-order chi connectivity index (χ1) is 4.93. The maximum absolute atomic E-state index is 9.89. The Labute approximate surface area is 61.5 Å². The van der Waals surface area contributed by atoms with Gasteiger partial charge in [0.15, 0.2) is 0 Å². The molecule has 1 aromatic carbocycles. The molecule has 0 saturated heterocycles. The molecular formula is C9H10O. The summed E-state index contributed by atoms with van der Waals surface area (Å²) in [5, 5.41) is 0. The predicted octanol–water partition coefficient (Wildman–Crippen LogP) is 2.14. The topological polar surface area (TPSA) is 17.1 Å². The third-order valence-corrected chi connectivity index (χ3v) is 1.17. The van der Waals surface area contributed by atoms with Crippen molar-refractivity contribution in [3.8, 4) is 0 Å². The third-order valence-electron chi connectivity index (χ3n) is 1.17. The molecule has 0 N–H and O–H groups in total. The van der Waals surface area contributed by atoms with Crippen molar-refractivity contribution in [1.82, 2.24) is 0 Å². The van der Waals surface area contributed by atoms with Crippen LogP contribution in [0.2, 0.25) is 0 Å². The lowest BCUT2D eigenvalue weighted by Crippen LogP contribution is -1.67. The van der Waals surface area contributed by atoms with Crippen molar-refractivity contribution >= 4 is 12.4 Å². The third kappa shape index (κ3) is 1.86. The van der Waals surface area contributed by atoms with E-state index in [1.165, 1.54) is 6.08 Å². The lowest BCUT2D eigenvalue weighted by molar-refractivity contribution is -0.104. The molecule has 0 atom stereocenters. The molecule has 0 bridgehead atoms. The quantitative estimate of drug-likeness (QED) is 0.447. The molecular weight excluding hydrogens is 124 g/mol. The van der Waals surface area contributed by atoms with E-state index in [9.17, 15) is 4.79 Å². The molecule has 1 rings (SSSR count). The summed E-state index contributed by atoms with van der Waals surface area (Å²) in [6, 6.07) is 9.70. The molecule has 0 aliphatic heterocycles. The molecule has 0 spiro atoms. The van der Waals surface area contributed by atoms with Crippen LogP contribution >= 0.6 is 0 Å². The summed E-state index contributed by atoms with van der Waals surface area (Å²) in [7, 11) is 0. The zero-order valence-electron chi connectivity index (χ0n) is 5.53. The fraction of sp³-hybridized carbons (Fsp3) is 0. The molecule has 0 saturated carbocycles. The first-order valence-corrected chi connectivity index (χ1v) is 3.10. The fourth-order valence-electron chi connectivity index (χ4n) is 0.715. The van der Waals surface area contributed by atoms with Gasteiger partial charge in [-0.05, 0) is 11.6 Å². The zero-order valence-corrected chi connectivity index (χ0v) is 5.53. The summed E-state index contributed by atoms with van der Waals surface area (Å²) < 4.78 is 0. The number of benzene rings is 1. The van der Waals surface area contributed by atoms with Crippen molar-refractivity contribution in [2.24, 2.45) is 0 Å². The molecule has 1 nitrogen and oxygen atoms in total. The molecule has 0 aromatic heterocycles. The molecule has 0 heterocycles. The van der Waals surface area contributed by atoms with Gasteiger partial charge in [-0.1, -0.05) is 36.4 Å². The Morgan fingerprint density at radius 3 is 2.50 bits per heavy atom. The van der Waals surface area contributed by atoms with Gasteiger partial charge in [0.05, 0.1) is 0 Å². The van der Waals surface area contributed by atoms with Crippen molar-refractivity contribution in [3.05, 3.63) is 42.0 Å². The van der Waals surface area contributed by atoms with Gasteiger partial charge in [0, 0.05) is 1.43 Å². The average Bonchev–Trinajstić information content (AvgIpc) is 2.03. The normalized spacial score (nSPS) is 10.0. The standard InChI is InChI=1S/C9H8O.H2/c10-8-4-7-9-5-2-1-3-6-9;/h1-8H;1H/b7-4+;. The number of hydrogen-bond donors (Lipinski definition) is 0. The molecule has 52 valence electrons. The summed E-state index contributed by atoms with van der Waals surface area (Å²) in [5.74, 6) is 0. The van der Waals surface area contributed by atoms with Gasteiger partial charge in [-0.15, -0.1) is 0 Å². The van der Waals surface area contributed by atoms with Crippen molar-refractivity contribution < 1.29 is 6.22 Å². The van der Waals surface area contributed by atoms with E-state index in [1.54, 1.807) is 6.08 Å². The largest absolute Gasteiger partial charge is 0.299 e. The van der Waals surface area contributed by atoms with Crippen LogP contribution in [0.1, 0.15) is 6.99 Å². The van der Waals surface area contributed by atoms with Crippen LogP contribution in [0.3, 0.4) is 0 Å². The van der Waals surface area contributed by atoms with Gasteiger partial charge in [-0.25, -0.2) is 0 Å². The maximum atomic E-state index is 9.89. The Hall–Kier alpha value is -1.37. The summed E-state index contributed by atoms with van der Waals surface area (Å²) in [6.45, 7) is 0. The van der Waals surface area contributed by atoms with Gasteiger partial charge in [-0.3, -0.25) is 4.79 Å². The highest BCUT2D eigenvalue weighted by atomic mass is 16.1. The fourth-order valence-corrected chi connectivity index (χ4v) is 0.715. The number of hydrogen-bond acceptors (Lipinski definition) is 1. The van der Waals surface area contributed by atoms with Crippen molar-refractivity contribution in [3.63, 3.8) is 0 Å². The SMILES string of the molecule is O=C/C=C/c1ccccc1.[HH]. The molecule has 0 fully saturated rings. The smallest absolute Gasteiger partial charge is 0.142 e. The van der Waals surface area contributed by atoms with Crippen LogP contribution in [0.25, 0.3) is 6.08 Å². The molecule has 0 aliphatic carbocycles. The summed E-state index contributed by atoms with van der Waals surface area (Å²) in [4.78, 5) is 9.89. The molecule has 0 amide bonds. The molecule has 1 aromatic rings. The zero-order chi connectivity index (χ0) is 7.23. The number of allylic oxidation sites excluding steroid dienone is 1. The van der Waals surface area contributed by atoms with Gasteiger partial charge in [0.2, 0.25) is 0 Å². The van der Waals surface area contributed by atoms with Crippen LogP contribution in [0, 0.1) is 0 Å². The highest BCUT2D eigenvalue weighted by Gasteiger charge is 1.79. The highest BCUT2D eigenvalue weighted by Crippen LogP contribution is 1.99. The first-order valence-electron chi connectivity index (χ1n) is 3.10. The highest BCUT2D eigenvalue weighted by molar-refractivity contribution is 5.73. The first kappa shape index (κ1) is 6.75. The summed E-state index contributed by atoms with van der Waals surface area (Å²) in [5.41, 5.74) is 1.05. The molecule has 1 heteroatoms. The minimum absolute atomic E-state index is 0. The molecule has 10 heavy (non-hydrogen) atoms. The van der Waals surface area contributed by atoms with Gasteiger partial charge in [-0.2, -0.15) is 0 Å². The van der Waals surface area contributed by atoms with E-state index in [2.05, 4.69) is 0 Å². The molecule has 0 aliphatic rings. The van der Waals surface area contributed by atoms with Gasteiger partial charge in [0.25, 0.3) is 0 Å². The minimum atomic E-state index is 0. The number of carbonyl (C=O) groups is 1. The summed E-state index contributed by atoms with van der Waals surface area (Å²) >= 11 is 0. The van der Waals surface area contributed by atoms with E-state index in [-0.39, 0.29) is 1.43 Å². The van der Waals surface area contributed by atoms with Crippen LogP contribution in [0.15, 0.2) is 36.4 Å². The Morgan fingerprint density at radius 2 is 1.90 bits per heavy atom. The van der Waals surface area contributed by atoms with E-state index in [0.717, 1.165) is 11.8 Å². The minimum Gasteiger partial charge on any atom is -0.299 e. The monoisotopic (exact) mass is 134 g/mol. The van der Waals surface area contributed by atoms with Crippen molar-refractivity contribution in [2.45, 2.75) is 0 Å². The second kappa shape index (κ2) is 3.62. The lowest BCUT2D eigenvalue weighted by atomic mass is 10.2. The molecule has 0 unspecified atom stereocenters. The Kier molecular flexibility index (Phi) is 2.44. The average molecular weight is 134 g/mol. The number of carbonyl (C=O) groups excluding carboxylic acids is 1. The van der Waals surface area contributed by atoms with Gasteiger partial charge < -0.3 is 0 Å². The van der Waals surface area contributed by atoms with Gasteiger partial charge >= 0.3 is 0 Å². The van der Waals surface area contributed by atoms with E-state index >= 15 is 0 Å². The van der Waals surface area contributed by atoms with Crippen LogP contribution < -0.4 is 0 Å². The summed E-state index contributed by atoms with van der Waals surface area (Å²) in [6.07, 6.45) is 4.02. The maximum Gasteiger partial charge on any atom is 0.142 e. The van der Waals surface area contributed by atoms with E-state index in [1.807, 2.05) is 30.3 Å². The van der Waals surface area contributed by atoms with Crippen LogP contribution in [0.5, 0.6) is 0 Å². The van der Waals surface area contributed by atoms with E-state index in [0.29, 0.717) is 0 Å². The Bertz CT molecular complexity index is 229. The van der Waals surface area contributed by atoms with E-state index < -0.39 is 0 Å². The number of aldehydes is 1. The van der Waals surface area contributed by atoms with Crippen molar-refractivity contribution in [1.29, 1.82) is 0 Å². The second-order valence-corrected chi connectivity index (χ2v) is 1.91. The Morgan fingerprint density at radius 1 is 1.20 bits per heavy atom. The molecule has 0 radical (unpaired) electrons. The van der Waals surface area contributed by atoms with Crippen LogP contribution in [0.4, 0.5) is 0 Å². The van der Waals surface area contributed by atoms with E-state index in [4.69, 9.17) is 0 Å². The lowest BCUT2D eigenvalue weighted by Gasteiger charge is -1.86. The van der Waals surface area contributed by atoms with Crippen LogP contribution in [-0.2, 0) is 4.79 Å². The van der Waals surface area contributed by atoms with Crippen molar-refractivity contribution in [2.75, 3.05) is 0 Å². The second-order valence-electron chi connectivity index (χ2n) is 1.91. The van der Waals surface area contributed by atoms with Crippen LogP contribution in [-0.4, -0.2) is 6.29 Å². The number of rotatable bonds is 2. The Balaban J connectivity index is 0.000001000.